The van der Waals surface area contributed by atoms with E-state index in [0.29, 0.717) is 15.2 Å². The summed E-state index contributed by atoms with van der Waals surface area (Å²) in [7, 11) is -3.80. The number of piperazine rings is 1. The Labute approximate surface area is 182 Å². The Kier molecular flexibility index (Phi) is 6.80. The largest absolute Gasteiger partial charge is 0.483 e. The van der Waals surface area contributed by atoms with Crippen LogP contribution in [0.15, 0.2) is 51.8 Å². The molecule has 0 saturated carbocycles. The molecule has 1 amide bonds. The van der Waals surface area contributed by atoms with E-state index in [4.69, 9.17) is 16.3 Å². The molecule has 0 bridgehead atoms. The lowest BCUT2D eigenvalue weighted by Crippen LogP contribution is -2.51. The lowest BCUT2D eigenvalue weighted by Gasteiger charge is -2.34. The van der Waals surface area contributed by atoms with Gasteiger partial charge in [0.25, 0.3) is 5.91 Å². The van der Waals surface area contributed by atoms with Crippen molar-refractivity contribution in [1.82, 2.24) is 9.21 Å². The van der Waals surface area contributed by atoms with Crippen LogP contribution in [0.5, 0.6) is 5.75 Å². The number of nitrogens with zero attached hydrogens (tertiary/aromatic N) is 3. The van der Waals surface area contributed by atoms with Crippen LogP contribution in [0.3, 0.4) is 0 Å². The first kappa shape index (κ1) is 21.6. The van der Waals surface area contributed by atoms with Crippen molar-refractivity contribution in [2.24, 2.45) is 0 Å². The summed E-state index contributed by atoms with van der Waals surface area (Å²) < 4.78 is 33.2. The first-order valence-electron chi connectivity index (χ1n) is 8.68. The van der Waals surface area contributed by atoms with Gasteiger partial charge in [-0.15, -0.1) is 0 Å². The van der Waals surface area contributed by atoms with Crippen LogP contribution in [0.2, 0.25) is 5.02 Å². The molecule has 0 aliphatic carbocycles. The van der Waals surface area contributed by atoms with Crippen LogP contribution in [0.25, 0.3) is 0 Å². The maximum atomic E-state index is 12.8. The van der Waals surface area contributed by atoms with Crippen LogP contribution in [0, 0.1) is 11.3 Å². The van der Waals surface area contributed by atoms with Gasteiger partial charge in [-0.3, -0.25) is 4.79 Å². The Morgan fingerprint density at radius 2 is 1.86 bits per heavy atom. The molecule has 10 heteroatoms. The fourth-order valence-corrected chi connectivity index (χ4v) is 5.29. The summed E-state index contributed by atoms with van der Waals surface area (Å²) in [6, 6.07) is 13.0. The van der Waals surface area contributed by atoms with Gasteiger partial charge in [0.2, 0.25) is 10.0 Å². The van der Waals surface area contributed by atoms with Gasteiger partial charge in [-0.1, -0.05) is 23.7 Å². The molecule has 1 heterocycles. The van der Waals surface area contributed by atoms with E-state index in [9.17, 15) is 18.5 Å². The number of rotatable bonds is 5. The van der Waals surface area contributed by atoms with Crippen molar-refractivity contribution in [2.45, 2.75) is 4.90 Å². The predicted molar refractivity (Wildman–Crippen MR) is 111 cm³/mol. The quantitative estimate of drug-likeness (QED) is 0.632. The molecule has 1 aliphatic rings. The summed E-state index contributed by atoms with van der Waals surface area (Å²) in [6.07, 6.45) is 0. The minimum absolute atomic E-state index is 0.0156. The summed E-state index contributed by atoms with van der Waals surface area (Å²) >= 11 is 9.21. The molecular weight excluding hydrogens is 482 g/mol. The summed E-state index contributed by atoms with van der Waals surface area (Å²) in [4.78, 5) is 14.0. The van der Waals surface area contributed by atoms with E-state index < -0.39 is 10.0 Å². The number of hydrogen-bond acceptors (Lipinski definition) is 5. The van der Waals surface area contributed by atoms with Crippen molar-refractivity contribution in [3.8, 4) is 11.8 Å². The number of benzene rings is 2. The zero-order valence-electron chi connectivity index (χ0n) is 15.2. The summed E-state index contributed by atoms with van der Waals surface area (Å²) in [5.74, 6) is 0.262. The van der Waals surface area contributed by atoms with Gasteiger partial charge in [-0.25, -0.2) is 8.42 Å². The van der Waals surface area contributed by atoms with Gasteiger partial charge < -0.3 is 9.64 Å². The average Bonchev–Trinajstić information content (AvgIpc) is 2.73. The van der Waals surface area contributed by atoms with Gasteiger partial charge in [0.05, 0.1) is 14.9 Å². The fourth-order valence-electron chi connectivity index (χ4n) is 2.92. The molecule has 1 fully saturated rings. The molecule has 0 unspecified atom stereocenters. The number of carbonyl (C=O) groups is 1. The lowest BCUT2D eigenvalue weighted by atomic mass is 10.2. The molecule has 0 N–H and O–H groups in total. The molecule has 0 spiro atoms. The zero-order valence-corrected chi connectivity index (χ0v) is 18.4. The Bertz CT molecular complexity index is 1060. The highest BCUT2D eigenvalue weighted by molar-refractivity contribution is 9.10. The molecule has 0 radical (unpaired) electrons. The summed E-state index contributed by atoms with van der Waals surface area (Å²) in [6.45, 7) is 0.636. The monoisotopic (exact) mass is 497 g/mol. The molecule has 1 aliphatic heterocycles. The normalized spacial score (nSPS) is 15.0. The number of nitriles is 1. The molecule has 0 aromatic heterocycles. The highest BCUT2D eigenvalue weighted by Gasteiger charge is 2.31. The van der Waals surface area contributed by atoms with Crippen molar-refractivity contribution in [1.29, 1.82) is 5.26 Å². The molecule has 7 nitrogen and oxygen atoms in total. The van der Waals surface area contributed by atoms with E-state index in [1.165, 1.54) is 16.4 Å². The topological polar surface area (TPSA) is 90.7 Å². The summed E-state index contributed by atoms with van der Waals surface area (Å²) in [5, 5.41) is 9.72. The van der Waals surface area contributed by atoms with Crippen LogP contribution in [0.4, 0.5) is 0 Å². The molecule has 2 aromatic rings. The van der Waals surface area contributed by atoms with Gasteiger partial charge in [0.15, 0.2) is 6.61 Å². The molecule has 152 valence electrons. The van der Waals surface area contributed by atoms with Crippen LogP contribution < -0.4 is 4.74 Å². The van der Waals surface area contributed by atoms with Crippen LogP contribution >= 0.6 is 27.5 Å². The molecule has 29 heavy (non-hydrogen) atoms. The van der Waals surface area contributed by atoms with Crippen LogP contribution in [-0.2, 0) is 14.8 Å². The van der Waals surface area contributed by atoms with Gasteiger partial charge >= 0.3 is 0 Å². The fraction of sp³-hybridized carbons (Fsp3) is 0.263. The van der Waals surface area contributed by atoms with Crippen LogP contribution in [0.1, 0.15) is 5.56 Å². The third kappa shape index (κ3) is 4.90. The maximum absolute atomic E-state index is 12.8. The second kappa shape index (κ2) is 9.13. The van der Waals surface area contributed by atoms with Crippen molar-refractivity contribution >= 4 is 43.5 Å². The van der Waals surface area contributed by atoms with Gasteiger partial charge in [-0.05, 0) is 46.3 Å². The Morgan fingerprint density at radius 1 is 1.17 bits per heavy atom. The second-order valence-electron chi connectivity index (χ2n) is 6.26. The Hall–Kier alpha value is -2.12. The van der Waals surface area contributed by atoms with E-state index in [2.05, 4.69) is 15.9 Å². The molecule has 3 rings (SSSR count). The van der Waals surface area contributed by atoms with E-state index >= 15 is 0 Å². The van der Waals surface area contributed by atoms with Gasteiger partial charge in [-0.2, -0.15) is 9.57 Å². The SMILES string of the molecule is N#Cc1ccccc1S(=O)(=O)N1CCN(C(=O)COc2ccc(Cl)cc2Br)CC1. The highest BCUT2D eigenvalue weighted by atomic mass is 79.9. The Morgan fingerprint density at radius 3 is 2.52 bits per heavy atom. The molecule has 1 saturated heterocycles. The zero-order chi connectivity index (χ0) is 21.0. The van der Waals surface area contributed by atoms with Crippen molar-refractivity contribution in [2.75, 3.05) is 32.8 Å². The van der Waals surface area contributed by atoms with Gasteiger partial charge in [0, 0.05) is 31.2 Å². The smallest absolute Gasteiger partial charge is 0.260 e. The van der Waals surface area contributed by atoms with Crippen molar-refractivity contribution in [3.63, 3.8) is 0 Å². The van der Waals surface area contributed by atoms with E-state index in [-0.39, 0.29) is 49.2 Å². The highest BCUT2D eigenvalue weighted by Crippen LogP contribution is 2.28. The minimum atomic E-state index is -3.80. The average molecular weight is 499 g/mol. The first-order chi connectivity index (χ1) is 13.8. The number of sulfonamides is 1. The Balaban J connectivity index is 1.60. The van der Waals surface area contributed by atoms with Crippen molar-refractivity contribution < 1.29 is 17.9 Å². The summed E-state index contributed by atoms with van der Waals surface area (Å²) in [5.41, 5.74) is 0.105. The number of ether oxygens (including phenoxy) is 1. The number of halogens is 2. The number of hydrogen-bond donors (Lipinski definition) is 0. The molecule has 0 atom stereocenters. The second-order valence-corrected chi connectivity index (χ2v) is 9.45. The maximum Gasteiger partial charge on any atom is 0.260 e. The molecule has 2 aromatic carbocycles. The standard InChI is InChI=1S/C19H17BrClN3O4S/c20-16-11-15(21)5-6-17(16)28-13-19(25)23-7-9-24(10-8-23)29(26,27)18-4-2-1-3-14(18)12-22/h1-6,11H,7-10,13H2. The number of amides is 1. The van der Waals surface area contributed by atoms with Gasteiger partial charge in [0.1, 0.15) is 11.8 Å². The third-order valence-corrected chi connectivity index (χ3v) is 7.27. The predicted octanol–water partition coefficient (Wildman–Crippen LogP) is 2.89. The molecular formula is C19H17BrClN3O4S. The third-order valence-electron chi connectivity index (χ3n) is 4.46. The van der Waals surface area contributed by atoms with E-state index in [1.807, 2.05) is 6.07 Å². The lowest BCUT2D eigenvalue weighted by molar-refractivity contribution is -0.134. The van der Waals surface area contributed by atoms with Crippen LogP contribution in [-0.4, -0.2) is 56.3 Å². The minimum Gasteiger partial charge on any atom is -0.483 e. The number of carbonyl (C=O) groups excluding carboxylic acids is 1. The van der Waals surface area contributed by atoms with E-state index in [1.54, 1.807) is 35.2 Å². The van der Waals surface area contributed by atoms with Crippen molar-refractivity contribution in [3.05, 3.63) is 57.5 Å². The first-order valence-corrected chi connectivity index (χ1v) is 11.3. The van der Waals surface area contributed by atoms with E-state index in [0.717, 1.165) is 0 Å².